The summed E-state index contributed by atoms with van der Waals surface area (Å²) in [6, 6.07) is 6.01. The van der Waals surface area contributed by atoms with Gasteiger partial charge < -0.3 is 4.74 Å². The van der Waals surface area contributed by atoms with Crippen LogP contribution in [-0.2, 0) is 4.74 Å². The molecule has 0 saturated heterocycles. The van der Waals surface area contributed by atoms with E-state index in [4.69, 9.17) is 4.74 Å². The average Bonchev–Trinajstić information content (AvgIpc) is 2.38. The molecule has 0 bridgehead atoms. The molecule has 0 amide bonds. The third-order valence-electron chi connectivity index (χ3n) is 3.61. The fraction of sp³-hybridized carbons (Fsp3) is 0.562. The lowest BCUT2D eigenvalue weighted by Crippen LogP contribution is -2.41. The lowest BCUT2D eigenvalue weighted by Gasteiger charge is -2.30. The molecule has 1 rings (SSSR count). The van der Waals surface area contributed by atoms with Crippen LogP contribution in [0.4, 0.5) is 0 Å². The Morgan fingerprint density at radius 3 is 2.28 bits per heavy atom. The largest absolute Gasteiger partial charge is 0.367 e. The number of hydrogen-bond acceptors (Lipinski definition) is 2. The van der Waals surface area contributed by atoms with E-state index in [1.54, 1.807) is 0 Å². The van der Waals surface area contributed by atoms with Crippen LogP contribution in [0.1, 0.15) is 55.1 Å². The molecular weight excluding hydrogens is 224 g/mol. The third kappa shape index (κ3) is 2.81. The van der Waals surface area contributed by atoms with Gasteiger partial charge in [-0.3, -0.25) is 4.79 Å². The van der Waals surface area contributed by atoms with Crippen LogP contribution < -0.4 is 0 Å². The molecule has 0 atom stereocenters. The van der Waals surface area contributed by atoms with Crippen LogP contribution in [0.15, 0.2) is 18.2 Å². The number of ether oxygens (including phenoxy) is 1. The molecule has 0 aliphatic heterocycles. The molecule has 0 aliphatic carbocycles. The quantitative estimate of drug-likeness (QED) is 0.709. The lowest BCUT2D eigenvalue weighted by atomic mass is 9.85. The summed E-state index contributed by atoms with van der Waals surface area (Å²) in [4.78, 5) is 12.8. The predicted octanol–water partition coefficient (Wildman–Crippen LogP) is 4.08. The van der Waals surface area contributed by atoms with Crippen molar-refractivity contribution in [2.24, 2.45) is 0 Å². The highest BCUT2D eigenvalue weighted by molar-refractivity contribution is 6.03. The van der Waals surface area contributed by atoms with Gasteiger partial charge in [0, 0.05) is 12.2 Å². The summed E-state index contributed by atoms with van der Waals surface area (Å²) in [5.74, 6) is 0.121. The number of Topliss-reactive ketones (excluding diaryl/α,β-unsaturated/α-hetero) is 1. The van der Waals surface area contributed by atoms with Gasteiger partial charge in [-0.25, -0.2) is 0 Å². The van der Waals surface area contributed by atoms with E-state index in [0.29, 0.717) is 19.4 Å². The van der Waals surface area contributed by atoms with E-state index in [1.165, 1.54) is 0 Å². The highest BCUT2D eigenvalue weighted by Crippen LogP contribution is 2.27. The Balaban J connectivity index is 3.21. The van der Waals surface area contributed by atoms with Gasteiger partial charge >= 0.3 is 0 Å². The van der Waals surface area contributed by atoms with Gasteiger partial charge in [-0.15, -0.1) is 0 Å². The monoisotopic (exact) mass is 248 g/mol. The molecule has 1 aromatic rings. The Bertz CT molecular complexity index is 417. The number of ketones is 1. The van der Waals surface area contributed by atoms with Crippen molar-refractivity contribution in [1.29, 1.82) is 0 Å². The van der Waals surface area contributed by atoms with E-state index in [9.17, 15) is 4.79 Å². The van der Waals surface area contributed by atoms with Gasteiger partial charge in [0.2, 0.25) is 0 Å². The molecule has 0 fully saturated rings. The zero-order valence-corrected chi connectivity index (χ0v) is 12.2. The minimum absolute atomic E-state index is 0.121. The van der Waals surface area contributed by atoms with E-state index in [0.717, 1.165) is 16.7 Å². The molecule has 0 saturated carbocycles. The molecule has 0 aliphatic rings. The molecule has 0 spiro atoms. The Morgan fingerprint density at radius 1 is 1.17 bits per heavy atom. The van der Waals surface area contributed by atoms with Gasteiger partial charge in [-0.05, 0) is 45.2 Å². The van der Waals surface area contributed by atoms with Crippen molar-refractivity contribution in [2.45, 2.75) is 53.1 Å². The van der Waals surface area contributed by atoms with Gasteiger partial charge in [0.15, 0.2) is 5.78 Å². The van der Waals surface area contributed by atoms with E-state index in [1.807, 2.05) is 52.8 Å². The maximum absolute atomic E-state index is 12.8. The lowest BCUT2D eigenvalue weighted by molar-refractivity contribution is -0.0250. The number of benzene rings is 1. The Labute approximate surface area is 110 Å². The van der Waals surface area contributed by atoms with Crippen LogP contribution in [0.25, 0.3) is 0 Å². The summed E-state index contributed by atoms with van der Waals surface area (Å²) >= 11 is 0. The van der Waals surface area contributed by atoms with Gasteiger partial charge in [-0.2, -0.15) is 0 Å². The third-order valence-corrected chi connectivity index (χ3v) is 3.61. The van der Waals surface area contributed by atoms with Crippen LogP contribution in [0.5, 0.6) is 0 Å². The van der Waals surface area contributed by atoms with E-state index >= 15 is 0 Å². The molecule has 0 heterocycles. The van der Waals surface area contributed by atoms with Gasteiger partial charge in [0.1, 0.15) is 5.60 Å². The second-order valence-corrected chi connectivity index (χ2v) is 4.78. The molecule has 2 heteroatoms. The van der Waals surface area contributed by atoms with Crippen molar-refractivity contribution in [3.8, 4) is 0 Å². The number of carbonyl (C=O) groups is 1. The Morgan fingerprint density at radius 2 is 1.78 bits per heavy atom. The maximum Gasteiger partial charge on any atom is 0.194 e. The molecular formula is C16H24O2. The molecule has 100 valence electrons. The summed E-state index contributed by atoms with van der Waals surface area (Å²) in [5, 5.41) is 0. The molecule has 0 N–H and O–H groups in total. The highest BCUT2D eigenvalue weighted by atomic mass is 16.5. The minimum Gasteiger partial charge on any atom is -0.367 e. The van der Waals surface area contributed by atoms with Crippen molar-refractivity contribution in [3.05, 3.63) is 34.9 Å². The summed E-state index contributed by atoms with van der Waals surface area (Å²) in [6.45, 7) is 10.5. The summed E-state index contributed by atoms with van der Waals surface area (Å²) in [6.07, 6.45) is 1.42. The SMILES string of the molecule is CCOC(CC)(CC)C(=O)c1cc(C)ccc1C. The average molecular weight is 248 g/mol. The normalized spacial score (nSPS) is 11.6. The maximum atomic E-state index is 12.8. The van der Waals surface area contributed by atoms with Gasteiger partial charge in [0.25, 0.3) is 0 Å². The minimum atomic E-state index is -0.659. The predicted molar refractivity (Wildman–Crippen MR) is 75.2 cm³/mol. The van der Waals surface area contributed by atoms with Crippen LogP contribution in [-0.4, -0.2) is 18.0 Å². The first kappa shape index (κ1) is 14.9. The fourth-order valence-corrected chi connectivity index (χ4v) is 2.34. The first-order chi connectivity index (χ1) is 8.50. The topological polar surface area (TPSA) is 26.3 Å². The highest BCUT2D eigenvalue weighted by Gasteiger charge is 2.36. The standard InChI is InChI=1S/C16H24O2/c1-6-16(7-2,18-8-3)15(17)14-11-12(4)9-10-13(14)5/h9-11H,6-8H2,1-5H3. The number of aryl methyl sites for hydroxylation is 2. The number of hydrogen-bond donors (Lipinski definition) is 0. The van der Waals surface area contributed by atoms with E-state index in [2.05, 4.69) is 0 Å². The summed E-state index contributed by atoms with van der Waals surface area (Å²) < 4.78 is 5.79. The first-order valence-corrected chi connectivity index (χ1v) is 6.76. The fourth-order valence-electron chi connectivity index (χ4n) is 2.34. The Kier molecular flexibility index (Phi) is 5.09. The zero-order valence-electron chi connectivity index (χ0n) is 12.2. The smallest absolute Gasteiger partial charge is 0.194 e. The van der Waals surface area contributed by atoms with Gasteiger partial charge in [0.05, 0.1) is 0 Å². The molecule has 0 unspecified atom stereocenters. The molecule has 18 heavy (non-hydrogen) atoms. The van der Waals surface area contributed by atoms with E-state index in [-0.39, 0.29) is 5.78 Å². The second kappa shape index (κ2) is 6.14. The van der Waals surface area contributed by atoms with Crippen molar-refractivity contribution in [2.75, 3.05) is 6.61 Å². The molecule has 1 aromatic carbocycles. The van der Waals surface area contributed by atoms with Crippen molar-refractivity contribution in [3.63, 3.8) is 0 Å². The van der Waals surface area contributed by atoms with Gasteiger partial charge in [-0.1, -0.05) is 31.5 Å². The summed E-state index contributed by atoms with van der Waals surface area (Å²) in [7, 11) is 0. The van der Waals surface area contributed by atoms with Crippen molar-refractivity contribution >= 4 is 5.78 Å². The van der Waals surface area contributed by atoms with Crippen molar-refractivity contribution < 1.29 is 9.53 Å². The molecule has 0 aromatic heterocycles. The van der Waals surface area contributed by atoms with Crippen LogP contribution in [0.3, 0.4) is 0 Å². The molecule has 2 nitrogen and oxygen atoms in total. The zero-order chi connectivity index (χ0) is 13.8. The Hall–Kier alpha value is -1.15. The summed E-state index contributed by atoms with van der Waals surface area (Å²) in [5.41, 5.74) is 2.28. The molecule has 0 radical (unpaired) electrons. The number of carbonyl (C=O) groups excluding carboxylic acids is 1. The van der Waals surface area contributed by atoms with Crippen molar-refractivity contribution in [1.82, 2.24) is 0 Å². The second-order valence-electron chi connectivity index (χ2n) is 4.78. The van der Waals surface area contributed by atoms with E-state index < -0.39 is 5.60 Å². The van der Waals surface area contributed by atoms with Crippen LogP contribution >= 0.6 is 0 Å². The number of rotatable bonds is 6. The first-order valence-electron chi connectivity index (χ1n) is 6.76. The van der Waals surface area contributed by atoms with Crippen LogP contribution in [0.2, 0.25) is 0 Å². The van der Waals surface area contributed by atoms with Crippen LogP contribution in [0, 0.1) is 13.8 Å².